The lowest BCUT2D eigenvalue weighted by Gasteiger charge is -2.34. The van der Waals surface area contributed by atoms with Gasteiger partial charge in [-0.1, -0.05) is 29.8 Å². The van der Waals surface area contributed by atoms with Crippen molar-refractivity contribution in [2.75, 3.05) is 26.2 Å². The minimum atomic E-state index is -0.0567. The molecule has 152 valence electrons. The fraction of sp³-hybridized carbons (Fsp3) is 0.409. The fourth-order valence-corrected chi connectivity index (χ4v) is 4.78. The standard InChI is InChI=1S/C22H26N4O2S/c1-14-4-6-17(7-5-14)12-19(27)26-10-8-25(9-11-26)13-18-23-21(28)20-15(2)16(3)29-22(20)24-18/h4-7H,8-13H2,1-3H3,(H,23,24,28). The van der Waals surface area contributed by atoms with Gasteiger partial charge in [0.2, 0.25) is 5.91 Å². The zero-order valence-electron chi connectivity index (χ0n) is 17.1. The molecule has 0 spiro atoms. The predicted octanol–water partition coefficient (Wildman–Crippen LogP) is 2.80. The molecule has 3 aromatic rings. The highest BCUT2D eigenvalue weighted by molar-refractivity contribution is 7.18. The van der Waals surface area contributed by atoms with Crippen molar-refractivity contribution in [2.24, 2.45) is 0 Å². The van der Waals surface area contributed by atoms with Crippen LogP contribution in [0.2, 0.25) is 0 Å². The molecule has 6 nitrogen and oxygen atoms in total. The van der Waals surface area contributed by atoms with Crippen molar-refractivity contribution in [1.82, 2.24) is 19.8 Å². The fourth-order valence-electron chi connectivity index (χ4n) is 3.73. The van der Waals surface area contributed by atoms with E-state index >= 15 is 0 Å². The van der Waals surface area contributed by atoms with Crippen LogP contribution >= 0.6 is 11.3 Å². The molecule has 0 unspecified atom stereocenters. The average molecular weight is 411 g/mol. The summed E-state index contributed by atoms with van der Waals surface area (Å²) >= 11 is 1.57. The van der Waals surface area contributed by atoms with E-state index in [0.717, 1.165) is 33.9 Å². The maximum absolute atomic E-state index is 12.6. The number of H-pyrrole nitrogens is 1. The molecule has 1 aliphatic rings. The van der Waals surface area contributed by atoms with Crippen LogP contribution in [0.4, 0.5) is 0 Å². The Bertz CT molecular complexity index is 1090. The van der Waals surface area contributed by atoms with E-state index in [4.69, 9.17) is 0 Å². The second-order valence-electron chi connectivity index (χ2n) is 7.80. The molecular weight excluding hydrogens is 384 g/mol. The van der Waals surface area contributed by atoms with Gasteiger partial charge >= 0.3 is 0 Å². The molecule has 1 amide bonds. The second-order valence-corrected chi connectivity index (χ2v) is 9.00. The number of aryl methyl sites for hydroxylation is 3. The number of thiophene rings is 1. The van der Waals surface area contributed by atoms with Crippen LogP contribution in [0, 0.1) is 20.8 Å². The first kappa shape index (κ1) is 19.8. The SMILES string of the molecule is Cc1ccc(CC(=O)N2CCN(Cc3nc4sc(C)c(C)c4c(=O)[nH]3)CC2)cc1. The highest BCUT2D eigenvalue weighted by Crippen LogP contribution is 2.25. The predicted molar refractivity (Wildman–Crippen MR) is 116 cm³/mol. The number of piperazine rings is 1. The van der Waals surface area contributed by atoms with Gasteiger partial charge in [-0.15, -0.1) is 11.3 Å². The zero-order chi connectivity index (χ0) is 20.5. The lowest BCUT2D eigenvalue weighted by atomic mass is 10.1. The molecule has 2 aromatic heterocycles. The number of rotatable bonds is 4. The van der Waals surface area contributed by atoms with Gasteiger partial charge in [0.25, 0.3) is 5.56 Å². The van der Waals surface area contributed by atoms with Crippen LogP contribution in [0.5, 0.6) is 0 Å². The quantitative estimate of drug-likeness (QED) is 0.718. The first-order valence-electron chi connectivity index (χ1n) is 9.95. The number of benzene rings is 1. The Kier molecular flexibility index (Phi) is 5.52. The highest BCUT2D eigenvalue weighted by Gasteiger charge is 2.22. The highest BCUT2D eigenvalue weighted by atomic mass is 32.1. The number of aromatic amines is 1. The van der Waals surface area contributed by atoms with Crippen molar-refractivity contribution in [3.8, 4) is 0 Å². The van der Waals surface area contributed by atoms with Crippen LogP contribution in [0.15, 0.2) is 29.1 Å². The summed E-state index contributed by atoms with van der Waals surface area (Å²) < 4.78 is 0. The van der Waals surface area contributed by atoms with Gasteiger partial charge in [0.15, 0.2) is 0 Å². The van der Waals surface area contributed by atoms with Crippen LogP contribution < -0.4 is 5.56 Å². The van der Waals surface area contributed by atoms with Gasteiger partial charge in [0, 0.05) is 31.1 Å². The molecule has 0 radical (unpaired) electrons. The summed E-state index contributed by atoms with van der Waals surface area (Å²) in [4.78, 5) is 38.8. The van der Waals surface area contributed by atoms with Crippen molar-refractivity contribution in [1.29, 1.82) is 0 Å². The summed E-state index contributed by atoms with van der Waals surface area (Å²) in [5, 5.41) is 0.711. The smallest absolute Gasteiger partial charge is 0.259 e. The van der Waals surface area contributed by atoms with Crippen LogP contribution in [0.1, 0.15) is 27.4 Å². The molecule has 0 aliphatic carbocycles. The largest absolute Gasteiger partial charge is 0.340 e. The summed E-state index contributed by atoms with van der Waals surface area (Å²) in [6.07, 6.45) is 0.447. The Balaban J connectivity index is 1.36. The molecule has 0 saturated carbocycles. The van der Waals surface area contributed by atoms with Gasteiger partial charge in [-0.25, -0.2) is 4.98 Å². The number of carbonyl (C=O) groups excluding carboxylic acids is 1. The molecule has 1 aliphatic heterocycles. The lowest BCUT2D eigenvalue weighted by Crippen LogP contribution is -2.49. The van der Waals surface area contributed by atoms with Crippen LogP contribution in [0.3, 0.4) is 0 Å². The lowest BCUT2D eigenvalue weighted by molar-refractivity contribution is -0.132. The third-order valence-corrected chi connectivity index (χ3v) is 6.76. The Morgan fingerprint density at radius 3 is 2.48 bits per heavy atom. The Morgan fingerprint density at radius 2 is 1.79 bits per heavy atom. The van der Waals surface area contributed by atoms with Gasteiger partial charge in [-0.2, -0.15) is 0 Å². The van der Waals surface area contributed by atoms with Crippen molar-refractivity contribution in [2.45, 2.75) is 33.7 Å². The molecule has 29 heavy (non-hydrogen) atoms. The molecule has 1 N–H and O–H groups in total. The number of fused-ring (bicyclic) bond motifs is 1. The molecule has 1 saturated heterocycles. The van der Waals surface area contributed by atoms with E-state index in [1.807, 2.05) is 49.9 Å². The van der Waals surface area contributed by atoms with Gasteiger partial charge in [0.1, 0.15) is 10.7 Å². The third-order valence-electron chi connectivity index (χ3n) is 5.66. The molecule has 1 aromatic carbocycles. The number of nitrogens with zero attached hydrogens (tertiary/aromatic N) is 3. The van der Waals surface area contributed by atoms with E-state index in [9.17, 15) is 9.59 Å². The Hall–Kier alpha value is -2.51. The minimum Gasteiger partial charge on any atom is -0.340 e. The maximum atomic E-state index is 12.6. The van der Waals surface area contributed by atoms with Gasteiger partial charge in [0.05, 0.1) is 18.4 Å². The van der Waals surface area contributed by atoms with Crippen molar-refractivity contribution in [3.05, 3.63) is 62.0 Å². The van der Waals surface area contributed by atoms with E-state index in [0.29, 0.717) is 37.3 Å². The molecule has 1 fully saturated rings. The van der Waals surface area contributed by atoms with E-state index in [1.54, 1.807) is 11.3 Å². The summed E-state index contributed by atoms with van der Waals surface area (Å²) in [5.74, 6) is 0.870. The van der Waals surface area contributed by atoms with E-state index in [1.165, 1.54) is 5.56 Å². The van der Waals surface area contributed by atoms with Crippen LogP contribution in [-0.2, 0) is 17.8 Å². The summed E-state index contributed by atoms with van der Waals surface area (Å²) in [6, 6.07) is 8.13. The first-order valence-corrected chi connectivity index (χ1v) is 10.8. The number of carbonyl (C=O) groups is 1. The number of aromatic nitrogens is 2. The number of nitrogens with one attached hydrogen (secondary N) is 1. The van der Waals surface area contributed by atoms with Crippen LogP contribution in [0.25, 0.3) is 10.2 Å². The zero-order valence-corrected chi connectivity index (χ0v) is 17.9. The van der Waals surface area contributed by atoms with Gasteiger partial charge in [-0.05, 0) is 31.9 Å². The topological polar surface area (TPSA) is 69.3 Å². The molecular formula is C22H26N4O2S. The summed E-state index contributed by atoms with van der Waals surface area (Å²) in [7, 11) is 0. The van der Waals surface area contributed by atoms with E-state index in [2.05, 4.69) is 14.9 Å². The van der Waals surface area contributed by atoms with E-state index in [-0.39, 0.29) is 11.5 Å². The van der Waals surface area contributed by atoms with E-state index < -0.39 is 0 Å². The Morgan fingerprint density at radius 1 is 1.10 bits per heavy atom. The summed E-state index contributed by atoms with van der Waals surface area (Å²) in [5.41, 5.74) is 3.22. The third kappa shape index (κ3) is 4.26. The van der Waals surface area contributed by atoms with Gasteiger partial charge < -0.3 is 9.88 Å². The normalized spacial score (nSPS) is 15.2. The monoisotopic (exact) mass is 410 g/mol. The maximum Gasteiger partial charge on any atom is 0.259 e. The molecule has 7 heteroatoms. The van der Waals surface area contributed by atoms with Crippen molar-refractivity contribution in [3.63, 3.8) is 0 Å². The van der Waals surface area contributed by atoms with Crippen molar-refractivity contribution < 1.29 is 4.79 Å². The molecule has 4 rings (SSSR count). The average Bonchev–Trinajstić information content (AvgIpc) is 2.98. The van der Waals surface area contributed by atoms with Crippen LogP contribution in [-0.4, -0.2) is 51.9 Å². The minimum absolute atomic E-state index is 0.0567. The second kappa shape index (κ2) is 8.08. The molecule has 3 heterocycles. The Labute approximate surface area is 174 Å². The number of hydrogen-bond acceptors (Lipinski definition) is 5. The first-order chi connectivity index (χ1) is 13.9. The van der Waals surface area contributed by atoms with Gasteiger partial charge in [-0.3, -0.25) is 14.5 Å². The number of amides is 1. The molecule has 0 atom stereocenters. The number of hydrogen-bond donors (Lipinski definition) is 1. The molecule has 0 bridgehead atoms. The summed E-state index contributed by atoms with van der Waals surface area (Å²) in [6.45, 7) is 9.61. The van der Waals surface area contributed by atoms with Crippen molar-refractivity contribution >= 4 is 27.5 Å².